The molecule has 1 aliphatic heterocycles. The Hall–Kier alpha value is -2.76. The number of fused-ring (bicyclic) bond motifs is 1. The standard InChI is InChI=1S/C21H28N4O2/c1-23-21(25-9-3-4-16(14-25)11-20(22)26)24-13-15-5-6-18-12-19(27-2)8-7-17(18)10-15/h5-8,10,12,16H,3-4,9,11,13-14H2,1-2H3,(H2,22,26)(H,23,24). The van der Waals surface area contributed by atoms with E-state index in [-0.39, 0.29) is 5.91 Å². The molecule has 0 bridgehead atoms. The van der Waals surface area contributed by atoms with Crippen LogP contribution in [0.3, 0.4) is 0 Å². The third-order valence-electron chi connectivity index (χ3n) is 5.08. The number of aliphatic imine (C=N–C) groups is 1. The highest BCUT2D eigenvalue weighted by molar-refractivity contribution is 5.85. The van der Waals surface area contributed by atoms with Crippen LogP contribution in [0, 0.1) is 5.92 Å². The van der Waals surface area contributed by atoms with Crippen LogP contribution in [0.1, 0.15) is 24.8 Å². The quantitative estimate of drug-likeness (QED) is 0.628. The Morgan fingerprint density at radius 3 is 2.81 bits per heavy atom. The van der Waals surface area contributed by atoms with Crippen LogP contribution in [-0.2, 0) is 11.3 Å². The lowest BCUT2D eigenvalue weighted by molar-refractivity contribution is -0.119. The summed E-state index contributed by atoms with van der Waals surface area (Å²) >= 11 is 0. The fraction of sp³-hybridized carbons (Fsp3) is 0.429. The van der Waals surface area contributed by atoms with Crippen LogP contribution in [0.4, 0.5) is 0 Å². The van der Waals surface area contributed by atoms with E-state index in [9.17, 15) is 4.79 Å². The van der Waals surface area contributed by atoms with Crippen LogP contribution in [0.15, 0.2) is 41.4 Å². The number of ether oxygens (including phenoxy) is 1. The van der Waals surface area contributed by atoms with Gasteiger partial charge >= 0.3 is 0 Å². The highest BCUT2D eigenvalue weighted by Gasteiger charge is 2.23. The van der Waals surface area contributed by atoms with Crippen LogP contribution >= 0.6 is 0 Å². The zero-order valence-corrected chi connectivity index (χ0v) is 16.1. The molecule has 1 aliphatic rings. The minimum atomic E-state index is -0.224. The summed E-state index contributed by atoms with van der Waals surface area (Å²) in [6, 6.07) is 12.5. The Bertz CT molecular complexity index is 834. The molecule has 1 saturated heterocycles. The molecule has 1 fully saturated rings. The molecule has 144 valence electrons. The first kappa shape index (κ1) is 19.0. The third kappa shape index (κ3) is 4.90. The van der Waals surface area contributed by atoms with Crippen molar-refractivity contribution < 1.29 is 9.53 Å². The number of primary amides is 1. The predicted molar refractivity (Wildman–Crippen MR) is 109 cm³/mol. The van der Waals surface area contributed by atoms with Crippen molar-refractivity contribution in [3.63, 3.8) is 0 Å². The number of guanidine groups is 1. The summed E-state index contributed by atoms with van der Waals surface area (Å²) in [6.07, 6.45) is 2.54. The van der Waals surface area contributed by atoms with E-state index in [1.807, 2.05) is 12.1 Å². The van der Waals surface area contributed by atoms with Gasteiger partial charge in [-0.15, -0.1) is 0 Å². The van der Waals surface area contributed by atoms with Crippen molar-refractivity contribution in [3.8, 4) is 5.75 Å². The SMILES string of the molecule is CN=C(NCc1ccc2cc(OC)ccc2c1)N1CCCC(CC(N)=O)C1. The Labute approximate surface area is 160 Å². The van der Waals surface area contributed by atoms with Crippen LogP contribution in [-0.4, -0.2) is 44.0 Å². The van der Waals surface area contributed by atoms with Gasteiger partial charge in [0, 0.05) is 33.1 Å². The molecule has 0 radical (unpaired) electrons. The molecule has 0 aromatic heterocycles. The average molecular weight is 368 g/mol. The number of carbonyl (C=O) groups is 1. The first-order valence-electron chi connectivity index (χ1n) is 9.39. The number of methoxy groups -OCH3 is 1. The Morgan fingerprint density at radius 2 is 2.07 bits per heavy atom. The van der Waals surface area contributed by atoms with E-state index in [1.165, 1.54) is 10.9 Å². The maximum atomic E-state index is 11.2. The summed E-state index contributed by atoms with van der Waals surface area (Å²) in [6.45, 7) is 2.47. The topological polar surface area (TPSA) is 80.0 Å². The van der Waals surface area contributed by atoms with Crippen LogP contribution in [0.2, 0.25) is 0 Å². The average Bonchev–Trinajstić information content (AvgIpc) is 2.67. The molecule has 3 rings (SSSR count). The van der Waals surface area contributed by atoms with Crippen molar-refractivity contribution in [2.45, 2.75) is 25.8 Å². The minimum absolute atomic E-state index is 0.224. The van der Waals surface area contributed by atoms with Gasteiger partial charge < -0.3 is 20.7 Å². The van der Waals surface area contributed by atoms with Crippen molar-refractivity contribution >= 4 is 22.6 Å². The van der Waals surface area contributed by atoms with Gasteiger partial charge in [0.2, 0.25) is 5.91 Å². The molecule has 27 heavy (non-hydrogen) atoms. The molecule has 0 saturated carbocycles. The number of benzene rings is 2. The van der Waals surface area contributed by atoms with Crippen molar-refractivity contribution in [1.29, 1.82) is 0 Å². The van der Waals surface area contributed by atoms with E-state index >= 15 is 0 Å². The van der Waals surface area contributed by atoms with E-state index < -0.39 is 0 Å². The molecule has 0 aliphatic carbocycles. The largest absolute Gasteiger partial charge is 0.497 e. The highest BCUT2D eigenvalue weighted by Crippen LogP contribution is 2.22. The van der Waals surface area contributed by atoms with E-state index in [0.717, 1.165) is 43.0 Å². The molecule has 3 N–H and O–H groups in total. The summed E-state index contributed by atoms with van der Waals surface area (Å²) in [5.74, 6) is 1.83. The molecule has 1 heterocycles. The first-order valence-corrected chi connectivity index (χ1v) is 9.39. The number of nitrogens with one attached hydrogen (secondary N) is 1. The molecule has 6 nitrogen and oxygen atoms in total. The molecule has 2 aromatic rings. The fourth-order valence-corrected chi connectivity index (χ4v) is 3.73. The lowest BCUT2D eigenvalue weighted by Gasteiger charge is -2.34. The van der Waals surface area contributed by atoms with Crippen LogP contribution in [0.5, 0.6) is 5.75 Å². The summed E-state index contributed by atoms with van der Waals surface area (Å²) in [5, 5.41) is 5.80. The van der Waals surface area contributed by atoms with Gasteiger partial charge in [-0.2, -0.15) is 0 Å². The minimum Gasteiger partial charge on any atom is -0.497 e. The second kappa shape index (κ2) is 8.75. The smallest absolute Gasteiger partial charge is 0.217 e. The van der Waals surface area contributed by atoms with Crippen molar-refractivity contribution in [2.75, 3.05) is 27.2 Å². The maximum Gasteiger partial charge on any atom is 0.217 e. The second-order valence-corrected chi connectivity index (χ2v) is 7.07. The van der Waals surface area contributed by atoms with Crippen molar-refractivity contribution in [1.82, 2.24) is 10.2 Å². The summed E-state index contributed by atoms with van der Waals surface area (Å²) in [5.41, 5.74) is 6.56. The predicted octanol–water partition coefficient (Wildman–Crippen LogP) is 2.51. The second-order valence-electron chi connectivity index (χ2n) is 7.07. The lowest BCUT2D eigenvalue weighted by atomic mass is 9.95. The fourth-order valence-electron chi connectivity index (χ4n) is 3.73. The number of likely N-dealkylation sites (tertiary alicyclic amines) is 1. The first-order chi connectivity index (χ1) is 13.1. The Kier molecular flexibility index (Phi) is 6.16. The number of piperidine rings is 1. The Morgan fingerprint density at radius 1 is 1.30 bits per heavy atom. The summed E-state index contributed by atoms with van der Waals surface area (Å²) < 4.78 is 5.28. The molecular formula is C21H28N4O2. The molecule has 1 atom stereocenters. The third-order valence-corrected chi connectivity index (χ3v) is 5.08. The van der Waals surface area contributed by atoms with E-state index in [2.05, 4.69) is 39.5 Å². The summed E-state index contributed by atoms with van der Waals surface area (Å²) in [7, 11) is 3.48. The molecule has 6 heteroatoms. The Balaban J connectivity index is 1.63. The molecule has 1 unspecified atom stereocenters. The van der Waals surface area contributed by atoms with Gasteiger partial charge in [0.05, 0.1) is 7.11 Å². The number of carbonyl (C=O) groups excluding carboxylic acids is 1. The number of nitrogens with zero attached hydrogens (tertiary/aromatic N) is 2. The zero-order chi connectivity index (χ0) is 19.2. The molecule has 0 spiro atoms. The van der Waals surface area contributed by atoms with Gasteiger partial charge in [-0.3, -0.25) is 9.79 Å². The highest BCUT2D eigenvalue weighted by atomic mass is 16.5. The van der Waals surface area contributed by atoms with Crippen molar-refractivity contribution in [2.24, 2.45) is 16.6 Å². The van der Waals surface area contributed by atoms with Gasteiger partial charge in [-0.25, -0.2) is 0 Å². The van der Waals surface area contributed by atoms with Crippen LogP contribution < -0.4 is 15.8 Å². The monoisotopic (exact) mass is 368 g/mol. The van der Waals surface area contributed by atoms with Crippen LogP contribution in [0.25, 0.3) is 10.8 Å². The molecule has 2 aromatic carbocycles. The number of rotatable bonds is 5. The van der Waals surface area contributed by atoms with Gasteiger partial charge in [0.25, 0.3) is 0 Å². The number of hydrogen-bond donors (Lipinski definition) is 2. The summed E-state index contributed by atoms with van der Waals surface area (Å²) in [4.78, 5) is 17.9. The number of nitrogens with two attached hydrogens (primary N) is 1. The van der Waals surface area contributed by atoms with Gasteiger partial charge in [-0.1, -0.05) is 18.2 Å². The molecular weight excluding hydrogens is 340 g/mol. The van der Waals surface area contributed by atoms with Gasteiger partial charge in [-0.05, 0) is 53.3 Å². The van der Waals surface area contributed by atoms with Gasteiger partial charge in [0.1, 0.15) is 5.75 Å². The maximum absolute atomic E-state index is 11.2. The number of hydrogen-bond acceptors (Lipinski definition) is 3. The van der Waals surface area contributed by atoms with E-state index in [0.29, 0.717) is 18.9 Å². The zero-order valence-electron chi connectivity index (χ0n) is 16.1. The lowest BCUT2D eigenvalue weighted by Crippen LogP contribution is -2.46. The van der Waals surface area contributed by atoms with Gasteiger partial charge in [0.15, 0.2) is 5.96 Å². The normalized spacial score (nSPS) is 17.8. The molecule has 1 amide bonds. The van der Waals surface area contributed by atoms with E-state index in [1.54, 1.807) is 14.2 Å². The van der Waals surface area contributed by atoms with Crippen molar-refractivity contribution in [3.05, 3.63) is 42.0 Å². The van der Waals surface area contributed by atoms with E-state index in [4.69, 9.17) is 10.5 Å². The number of amides is 1.